The first-order chi connectivity index (χ1) is 5.49. The lowest BCUT2D eigenvalue weighted by Gasteiger charge is -2.05. The van der Waals surface area contributed by atoms with Gasteiger partial charge in [0.25, 0.3) is 10.1 Å². The van der Waals surface area contributed by atoms with Crippen molar-refractivity contribution in [1.82, 2.24) is 0 Å². The highest BCUT2D eigenvalue weighted by atomic mass is 32.2. The molecule has 0 saturated heterocycles. The molecule has 1 saturated carbocycles. The minimum absolute atomic E-state index is 0.0255. The first kappa shape index (κ1) is 9.67. The van der Waals surface area contributed by atoms with Crippen LogP contribution in [-0.4, -0.2) is 27.1 Å². The number of hydrogen-bond donors (Lipinski definition) is 0. The van der Waals surface area contributed by atoms with E-state index in [9.17, 15) is 13.2 Å². The Bertz CT molecular complexity index is 267. The van der Waals surface area contributed by atoms with E-state index in [-0.39, 0.29) is 18.3 Å². The summed E-state index contributed by atoms with van der Waals surface area (Å²) in [5.74, 6) is -0.0709. The molecule has 1 atom stereocenters. The summed E-state index contributed by atoms with van der Waals surface area (Å²) in [7, 11) is -3.39. The van der Waals surface area contributed by atoms with E-state index in [1.54, 1.807) is 0 Å². The molecular weight excluding hydrogens is 180 g/mol. The SMILES string of the molecule is CS(=O)(=O)OCC1CCCC1=O. The fourth-order valence-electron chi connectivity index (χ4n) is 1.27. The number of Topliss-reactive ketones (excluding diaryl/α,β-unsaturated/α-hetero) is 1. The summed E-state index contributed by atoms with van der Waals surface area (Å²) >= 11 is 0. The molecule has 1 aliphatic carbocycles. The molecule has 5 heteroatoms. The van der Waals surface area contributed by atoms with Crippen molar-refractivity contribution in [1.29, 1.82) is 0 Å². The van der Waals surface area contributed by atoms with Crippen molar-refractivity contribution in [3.05, 3.63) is 0 Å². The summed E-state index contributed by atoms with van der Waals surface area (Å²) < 4.78 is 25.7. The van der Waals surface area contributed by atoms with E-state index in [1.807, 2.05) is 0 Å². The third-order valence-electron chi connectivity index (χ3n) is 1.91. The van der Waals surface area contributed by atoms with Crippen molar-refractivity contribution in [2.45, 2.75) is 19.3 Å². The summed E-state index contributed by atoms with van der Waals surface area (Å²) in [4.78, 5) is 11.0. The van der Waals surface area contributed by atoms with Crippen LogP contribution in [0.2, 0.25) is 0 Å². The highest BCUT2D eigenvalue weighted by Crippen LogP contribution is 2.21. The zero-order chi connectivity index (χ0) is 9.19. The average molecular weight is 192 g/mol. The molecule has 0 aromatic rings. The molecule has 70 valence electrons. The highest BCUT2D eigenvalue weighted by Gasteiger charge is 2.25. The summed E-state index contributed by atoms with van der Waals surface area (Å²) in [6.07, 6.45) is 3.18. The van der Waals surface area contributed by atoms with Crippen molar-refractivity contribution >= 4 is 15.9 Å². The summed E-state index contributed by atoms with van der Waals surface area (Å²) in [5, 5.41) is 0. The molecule has 0 N–H and O–H groups in total. The van der Waals surface area contributed by atoms with Crippen LogP contribution in [0.1, 0.15) is 19.3 Å². The quantitative estimate of drug-likeness (QED) is 0.605. The third-order valence-corrected chi connectivity index (χ3v) is 2.48. The van der Waals surface area contributed by atoms with Gasteiger partial charge in [0.05, 0.1) is 12.9 Å². The predicted molar refractivity (Wildman–Crippen MR) is 43.1 cm³/mol. The normalized spacial score (nSPS) is 24.8. The van der Waals surface area contributed by atoms with Crippen LogP contribution in [0.4, 0.5) is 0 Å². The molecule has 0 bridgehead atoms. The van der Waals surface area contributed by atoms with Gasteiger partial charge in [-0.3, -0.25) is 8.98 Å². The average Bonchev–Trinajstić information content (AvgIpc) is 2.29. The van der Waals surface area contributed by atoms with Gasteiger partial charge < -0.3 is 0 Å². The summed E-state index contributed by atoms with van der Waals surface area (Å²) in [5.41, 5.74) is 0. The highest BCUT2D eigenvalue weighted by molar-refractivity contribution is 7.85. The number of ketones is 1. The minimum Gasteiger partial charge on any atom is -0.299 e. The maximum atomic E-state index is 11.0. The van der Waals surface area contributed by atoms with Gasteiger partial charge >= 0.3 is 0 Å². The van der Waals surface area contributed by atoms with Gasteiger partial charge in [-0.15, -0.1) is 0 Å². The van der Waals surface area contributed by atoms with Crippen LogP contribution < -0.4 is 0 Å². The van der Waals surface area contributed by atoms with Gasteiger partial charge in [-0.2, -0.15) is 8.42 Å². The molecule has 1 unspecified atom stereocenters. The Balaban J connectivity index is 2.37. The largest absolute Gasteiger partial charge is 0.299 e. The van der Waals surface area contributed by atoms with E-state index in [4.69, 9.17) is 0 Å². The lowest BCUT2D eigenvalue weighted by atomic mass is 10.1. The second-order valence-electron chi connectivity index (χ2n) is 3.04. The lowest BCUT2D eigenvalue weighted by molar-refractivity contribution is -0.121. The first-order valence-electron chi connectivity index (χ1n) is 3.86. The van der Waals surface area contributed by atoms with Crippen LogP contribution in [0, 0.1) is 5.92 Å². The van der Waals surface area contributed by atoms with E-state index >= 15 is 0 Å². The van der Waals surface area contributed by atoms with Crippen LogP contribution >= 0.6 is 0 Å². The topological polar surface area (TPSA) is 60.4 Å². The zero-order valence-electron chi connectivity index (χ0n) is 6.95. The minimum atomic E-state index is -3.39. The summed E-state index contributed by atoms with van der Waals surface area (Å²) in [6.45, 7) is 0.0255. The molecule has 12 heavy (non-hydrogen) atoms. The van der Waals surface area contributed by atoms with Crippen molar-refractivity contribution in [3.63, 3.8) is 0 Å². The molecule has 0 aromatic carbocycles. The Morgan fingerprint density at radius 2 is 2.25 bits per heavy atom. The molecule has 0 heterocycles. The summed E-state index contributed by atoms with van der Waals surface area (Å²) in [6, 6.07) is 0. The van der Waals surface area contributed by atoms with Crippen molar-refractivity contribution in [2.24, 2.45) is 5.92 Å². The second-order valence-corrected chi connectivity index (χ2v) is 4.69. The molecule has 0 aromatic heterocycles. The predicted octanol–water partition coefficient (Wildman–Crippen LogP) is 0.332. The first-order valence-corrected chi connectivity index (χ1v) is 5.68. The molecule has 0 amide bonds. The van der Waals surface area contributed by atoms with Crippen molar-refractivity contribution in [2.75, 3.05) is 12.9 Å². The van der Waals surface area contributed by atoms with Crippen molar-refractivity contribution in [3.8, 4) is 0 Å². The molecule has 0 radical (unpaired) electrons. The fraction of sp³-hybridized carbons (Fsp3) is 0.857. The Morgan fingerprint density at radius 3 is 2.67 bits per heavy atom. The lowest BCUT2D eigenvalue weighted by Crippen LogP contribution is -2.16. The van der Waals surface area contributed by atoms with E-state index in [1.165, 1.54) is 0 Å². The van der Waals surface area contributed by atoms with Crippen LogP contribution in [-0.2, 0) is 19.1 Å². The fourth-order valence-corrected chi connectivity index (χ4v) is 1.68. The smallest absolute Gasteiger partial charge is 0.264 e. The third kappa shape index (κ3) is 2.91. The van der Waals surface area contributed by atoms with Gasteiger partial charge in [0.1, 0.15) is 5.78 Å². The zero-order valence-corrected chi connectivity index (χ0v) is 7.76. The van der Waals surface area contributed by atoms with Gasteiger partial charge in [-0.1, -0.05) is 0 Å². The maximum absolute atomic E-state index is 11.0. The van der Waals surface area contributed by atoms with E-state index < -0.39 is 10.1 Å². The van der Waals surface area contributed by atoms with E-state index in [2.05, 4.69) is 4.18 Å². The Morgan fingerprint density at radius 1 is 1.58 bits per heavy atom. The van der Waals surface area contributed by atoms with Gasteiger partial charge in [-0.25, -0.2) is 0 Å². The van der Waals surface area contributed by atoms with Crippen molar-refractivity contribution < 1.29 is 17.4 Å². The van der Waals surface area contributed by atoms with E-state index in [0.29, 0.717) is 6.42 Å². The number of carbonyl (C=O) groups is 1. The molecule has 0 aliphatic heterocycles. The second kappa shape index (κ2) is 3.53. The molecule has 4 nitrogen and oxygen atoms in total. The molecular formula is C7H12O4S. The molecule has 0 spiro atoms. The van der Waals surface area contributed by atoms with Gasteiger partial charge in [0.2, 0.25) is 0 Å². The van der Waals surface area contributed by atoms with E-state index in [0.717, 1.165) is 19.1 Å². The number of rotatable bonds is 3. The Kier molecular flexibility index (Phi) is 2.85. The number of hydrogen-bond acceptors (Lipinski definition) is 4. The Labute approximate surface area is 72.0 Å². The standard InChI is InChI=1S/C7H12O4S/c1-12(9,10)11-5-6-3-2-4-7(6)8/h6H,2-5H2,1H3. The number of carbonyl (C=O) groups excluding carboxylic acids is 1. The van der Waals surface area contributed by atoms with Gasteiger partial charge in [0.15, 0.2) is 0 Å². The molecule has 1 fully saturated rings. The maximum Gasteiger partial charge on any atom is 0.264 e. The van der Waals surface area contributed by atoms with Gasteiger partial charge in [0, 0.05) is 12.3 Å². The monoisotopic (exact) mass is 192 g/mol. The van der Waals surface area contributed by atoms with Crippen LogP contribution in [0.15, 0.2) is 0 Å². The van der Waals surface area contributed by atoms with Crippen LogP contribution in [0.25, 0.3) is 0 Å². The molecule has 1 rings (SSSR count). The van der Waals surface area contributed by atoms with Crippen LogP contribution in [0.5, 0.6) is 0 Å². The van der Waals surface area contributed by atoms with Gasteiger partial charge in [-0.05, 0) is 12.8 Å². The molecule has 1 aliphatic rings. The van der Waals surface area contributed by atoms with Crippen LogP contribution in [0.3, 0.4) is 0 Å². The Hall–Kier alpha value is -0.420.